The quantitative estimate of drug-likeness (QED) is 0.0168. The number of amides is 10. The molecule has 0 saturated heterocycles. The molecule has 10 atom stereocenters. The summed E-state index contributed by atoms with van der Waals surface area (Å²) in [5.74, 6) is -8.49. The highest BCUT2D eigenvalue weighted by atomic mass is 16.3. The Morgan fingerprint density at radius 1 is 0.412 bits per heavy atom. The average Bonchev–Trinajstić information content (AvgIpc) is 3.37. The van der Waals surface area contributed by atoms with Gasteiger partial charge in [-0.3, -0.25) is 52.9 Å². The van der Waals surface area contributed by atoms with Crippen LogP contribution in [0.1, 0.15) is 153 Å². The normalized spacial score (nSPS) is 15.1. The van der Waals surface area contributed by atoms with Gasteiger partial charge in [-0.15, -0.1) is 0 Å². The van der Waals surface area contributed by atoms with E-state index < -0.39 is 126 Å². The second-order valence-electron chi connectivity index (χ2n) is 22.2. The van der Waals surface area contributed by atoms with Gasteiger partial charge in [-0.2, -0.15) is 0 Å². The number of unbranched alkanes of at least 4 members (excludes halogenated alkanes) is 2. The molecule has 0 aromatic heterocycles. The van der Waals surface area contributed by atoms with Crippen molar-refractivity contribution >= 4 is 65.0 Å². The lowest BCUT2D eigenvalue weighted by molar-refractivity contribution is -0.137. The summed E-state index contributed by atoms with van der Waals surface area (Å²) in [5.41, 5.74) is 33.7. The zero-order chi connectivity index (χ0) is 61.2. The summed E-state index contributed by atoms with van der Waals surface area (Å²) < 4.78 is 0. The minimum Gasteiger partial charge on any atom is -0.394 e. The van der Waals surface area contributed by atoms with Gasteiger partial charge in [-0.05, 0) is 120 Å². The SMILES string of the molecule is CC[C@H](C)[C@H](NC(=O)[C@H](CCCN=C(N)N)NC(=O)[C@H](CCCCN)NC(=O)[C@H](CC(C)C)NC(=O)[C@H](CC(C)C)NC(=O)CN)C(=O)N[C@@H](CCCCN)C(=O)N[C@@H](CO)C(=O)N[C@@H](CC(C)C)C(=O)N[C@@H](CC(C)C)C(N)=O. The molecule has 27 heteroatoms. The lowest BCUT2D eigenvalue weighted by Crippen LogP contribution is -2.61. The Kier molecular flexibility index (Phi) is 37.0. The van der Waals surface area contributed by atoms with Gasteiger partial charge in [0.25, 0.3) is 0 Å². The molecule has 0 bridgehead atoms. The van der Waals surface area contributed by atoms with E-state index in [-0.39, 0.29) is 107 Å². The van der Waals surface area contributed by atoms with Gasteiger partial charge < -0.3 is 87.4 Å². The first-order valence-corrected chi connectivity index (χ1v) is 28.3. The highest BCUT2D eigenvalue weighted by molar-refractivity contribution is 5.98. The monoisotopic (exact) mass is 1140 g/mol. The number of primary amides is 1. The van der Waals surface area contributed by atoms with E-state index in [4.69, 9.17) is 34.4 Å². The number of nitrogens with two attached hydrogens (primary N) is 6. The molecular formula is C53H102N16O11. The largest absolute Gasteiger partial charge is 0.394 e. The minimum absolute atomic E-state index is 0.00133. The number of hydrogen-bond acceptors (Lipinski definition) is 15. The minimum atomic E-state index is -1.60. The van der Waals surface area contributed by atoms with Crippen molar-refractivity contribution in [2.45, 2.75) is 207 Å². The van der Waals surface area contributed by atoms with Crippen LogP contribution in [-0.2, 0) is 47.9 Å². The first-order valence-electron chi connectivity index (χ1n) is 28.3. The Morgan fingerprint density at radius 3 is 1.10 bits per heavy atom. The van der Waals surface area contributed by atoms with Gasteiger partial charge in [0.05, 0.1) is 13.2 Å². The van der Waals surface area contributed by atoms with E-state index >= 15 is 0 Å². The van der Waals surface area contributed by atoms with Crippen molar-refractivity contribution in [3.63, 3.8) is 0 Å². The fraction of sp³-hybridized carbons (Fsp3) is 0.792. The van der Waals surface area contributed by atoms with Crippen LogP contribution in [0.25, 0.3) is 0 Å². The second-order valence-corrected chi connectivity index (χ2v) is 22.2. The summed E-state index contributed by atoms with van der Waals surface area (Å²) in [5, 5.41) is 34.3. The van der Waals surface area contributed by atoms with Crippen LogP contribution in [0.3, 0.4) is 0 Å². The van der Waals surface area contributed by atoms with Crippen molar-refractivity contribution in [3.8, 4) is 0 Å². The average molecular weight is 1140 g/mol. The maximum atomic E-state index is 14.5. The predicted octanol–water partition coefficient (Wildman–Crippen LogP) is -2.67. The summed E-state index contributed by atoms with van der Waals surface area (Å²) in [7, 11) is 0. The van der Waals surface area contributed by atoms with Crippen LogP contribution in [0.5, 0.6) is 0 Å². The van der Waals surface area contributed by atoms with E-state index in [1.54, 1.807) is 13.8 Å². The molecule has 0 aliphatic heterocycles. The van der Waals surface area contributed by atoms with Crippen molar-refractivity contribution < 1.29 is 53.1 Å². The predicted molar refractivity (Wildman–Crippen MR) is 306 cm³/mol. The van der Waals surface area contributed by atoms with Crippen LogP contribution in [-0.4, -0.2) is 157 Å². The van der Waals surface area contributed by atoms with Crippen LogP contribution in [0.4, 0.5) is 0 Å². The van der Waals surface area contributed by atoms with Gasteiger partial charge >= 0.3 is 0 Å². The Morgan fingerprint density at radius 2 is 0.738 bits per heavy atom. The first-order chi connectivity index (χ1) is 37.5. The molecular weight excluding hydrogens is 1040 g/mol. The molecule has 0 rings (SSSR count). The Balaban J connectivity index is 6.94. The smallest absolute Gasteiger partial charge is 0.245 e. The Hall–Kier alpha value is -6.19. The molecule has 80 heavy (non-hydrogen) atoms. The molecule has 460 valence electrons. The van der Waals surface area contributed by atoms with E-state index in [2.05, 4.69) is 52.8 Å². The van der Waals surface area contributed by atoms with Gasteiger partial charge in [0.1, 0.15) is 54.4 Å². The maximum Gasteiger partial charge on any atom is 0.245 e. The topological polar surface area (TPSA) is 468 Å². The summed E-state index contributed by atoms with van der Waals surface area (Å²) in [6.45, 7) is 17.5. The lowest BCUT2D eigenvalue weighted by atomic mass is 9.96. The molecule has 0 radical (unpaired) electrons. The van der Waals surface area contributed by atoms with E-state index in [9.17, 15) is 53.1 Å². The number of aliphatic hydroxyl groups excluding tert-OH is 1. The standard InChI is InChI=1S/C53H102N16O11/c1-11-33(10)43(52(80)64-35(18-13-15-21-55)46(74)68-41(28-70)51(79)67-40(26-32(8)9)50(78)65-37(44(57)72)23-29(2)3)69-47(75)36(19-16-22-60-53(58)59)62-45(73)34(17-12-14-20-54)63-49(77)39(25-31(6)7)66-48(76)38(24-30(4)5)61-42(71)27-56/h29-41,43,70H,11-28,54-56H2,1-10H3,(H2,57,72)(H,61,71)(H,62,73)(H,63,77)(H,64,80)(H,65,78)(H,66,76)(H,67,79)(H,68,74)(H,69,75)(H4,58,59,60)/t33-,34-,35-,36-,37-,38-,39-,40-,41-,43-/m0/s1. The summed E-state index contributed by atoms with van der Waals surface area (Å²) in [6.07, 6.45) is 2.99. The van der Waals surface area contributed by atoms with Gasteiger partial charge in [-0.25, -0.2) is 0 Å². The number of guanidine groups is 1. The highest BCUT2D eigenvalue weighted by Crippen LogP contribution is 2.15. The van der Waals surface area contributed by atoms with E-state index in [1.165, 1.54) is 0 Å². The molecule has 0 aliphatic rings. The maximum absolute atomic E-state index is 14.5. The molecule has 0 unspecified atom stereocenters. The van der Waals surface area contributed by atoms with Crippen molar-refractivity contribution in [3.05, 3.63) is 0 Å². The first kappa shape index (κ1) is 73.8. The van der Waals surface area contributed by atoms with E-state index in [0.717, 1.165) is 0 Å². The zero-order valence-corrected chi connectivity index (χ0v) is 49.3. The van der Waals surface area contributed by atoms with E-state index in [1.807, 2.05) is 55.4 Å². The molecule has 0 aromatic rings. The molecule has 0 spiro atoms. The van der Waals surface area contributed by atoms with E-state index in [0.29, 0.717) is 32.1 Å². The summed E-state index contributed by atoms with van der Waals surface area (Å²) >= 11 is 0. The molecule has 22 N–H and O–H groups in total. The van der Waals surface area contributed by atoms with Crippen LogP contribution in [0.2, 0.25) is 0 Å². The Labute approximate surface area is 473 Å². The third-order valence-electron chi connectivity index (χ3n) is 12.9. The van der Waals surface area contributed by atoms with Crippen molar-refractivity contribution in [1.29, 1.82) is 0 Å². The molecule has 0 fully saturated rings. The highest BCUT2D eigenvalue weighted by Gasteiger charge is 2.37. The fourth-order valence-electron chi connectivity index (χ4n) is 8.42. The zero-order valence-electron chi connectivity index (χ0n) is 49.3. The molecule has 27 nitrogen and oxygen atoms in total. The number of aliphatic imine (C=N–C) groups is 1. The Bertz CT molecular complexity index is 1990. The lowest BCUT2D eigenvalue weighted by Gasteiger charge is -2.30. The molecule has 10 amide bonds. The number of carbonyl (C=O) groups excluding carboxylic acids is 10. The molecule has 0 aliphatic carbocycles. The molecule has 0 aromatic carbocycles. The van der Waals surface area contributed by atoms with Crippen molar-refractivity contribution in [1.82, 2.24) is 47.9 Å². The number of nitrogens with one attached hydrogen (secondary N) is 9. The van der Waals surface area contributed by atoms with Crippen molar-refractivity contribution in [2.75, 3.05) is 32.8 Å². The summed E-state index contributed by atoms with van der Waals surface area (Å²) in [4.78, 5) is 141. The van der Waals surface area contributed by atoms with Crippen LogP contribution >= 0.6 is 0 Å². The number of nitrogens with zero attached hydrogens (tertiary/aromatic N) is 1. The second kappa shape index (κ2) is 40.1. The number of hydrogen-bond donors (Lipinski definition) is 16. The number of aliphatic hydroxyl groups is 1. The van der Waals surface area contributed by atoms with Gasteiger partial charge in [0, 0.05) is 6.54 Å². The van der Waals surface area contributed by atoms with Crippen LogP contribution < -0.4 is 82.3 Å². The number of carbonyl (C=O) groups is 10. The fourth-order valence-corrected chi connectivity index (χ4v) is 8.42. The molecule has 0 saturated carbocycles. The van der Waals surface area contributed by atoms with Crippen LogP contribution in [0, 0.1) is 29.6 Å². The number of rotatable bonds is 42. The van der Waals surface area contributed by atoms with Gasteiger partial charge in [0.2, 0.25) is 59.1 Å². The third kappa shape index (κ3) is 30.4. The summed E-state index contributed by atoms with van der Waals surface area (Å²) in [6, 6.07) is -11.2. The van der Waals surface area contributed by atoms with Gasteiger partial charge in [-0.1, -0.05) is 75.7 Å². The third-order valence-corrected chi connectivity index (χ3v) is 12.9. The molecule has 0 heterocycles. The van der Waals surface area contributed by atoms with Crippen molar-refractivity contribution in [2.24, 2.45) is 69.0 Å². The van der Waals surface area contributed by atoms with Crippen LogP contribution in [0.15, 0.2) is 4.99 Å². The van der Waals surface area contributed by atoms with Gasteiger partial charge in [0.15, 0.2) is 5.96 Å².